The van der Waals surface area contributed by atoms with Gasteiger partial charge in [-0.15, -0.1) is 5.10 Å². The van der Waals surface area contributed by atoms with E-state index in [0.717, 1.165) is 6.07 Å². The van der Waals surface area contributed by atoms with Gasteiger partial charge in [0.25, 0.3) is 0 Å². The van der Waals surface area contributed by atoms with Crippen molar-refractivity contribution < 1.29 is 14.4 Å². The highest BCUT2D eigenvalue weighted by Crippen LogP contribution is 2.32. The number of nitro benzene ring substituents is 1. The van der Waals surface area contributed by atoms with Crippen molar-refractivity contribution >= 4 is 35.7 Å². The van der Waals surface area contributed by atoms with Gasteiger partial charge in [-0.05, 0) is 30.4 Å². The molecule has 0 radical (unpaired) electrons. The van der Waals surface area contributed by atoms with Crippen LogP contribution in [-0.2, 0) is 0 Å². The molecular weight excluding hydrogens is 358 g/mol. The maximum Gasteiger partial charge on any atom is 0.312 e. The molecular formula is C13H8ClN5O4S. The summed E-state index contributed by atoms with van der Waals surface area (Å²) in [6, 6.07) is 5.72. The van der Waals surface area contributed by atoms with Gasteiger partial charge in [-0.2, -0.15) is 9.78 Å². The summed E-state index contributed by atoms with van der Waals surface area (Å²) in [5.41, 5.74) is -0.464. The largest absolute Gasteiger partial charge is 0.502 e. The van der Waals surface area contributed by atoms with E-state index in [0.29, 0.717) is 11.6 Å². The van der Waals surface area contributed by atoms with Crippen LogP contribution in [0.3, 0.4) is 0 Å². The lowest BCUT2D eigenvalue weighted by Gasteiger charge is -2.02. The fourth-order valence-electron chi connectivity index (χ4n) is 1.93. The average Bonchev–Trinajstić information content (AvgIpc) is 3.17. The second-order valence-electron chi connectivity index (χ2n) is 4.51. The molecule has 24 heavy (non-hydrogen) atoms. The fourth-order valence-corrected chi connectivity index (χ4v) is 2.33. The molecule has 0 spiro atoms. The van der Waals surface area contributed by atoms with Gasteiger partial charge in [-0.25, -0.2) is 5.10 Å². The van der Waals surface area contributed by atoms with Gasteiger partial charge in [0.05, 0.1) is 17.4 Å². The molecule has 0 amide bonds. The molecule has 122 valence electrons. The number of H-pyrrole nitrogens is 1. The number of furan rings is 1. The van der Waals surface area contributed by atoms with E-state index >= 15 is 0 Å². The summed E-state index contributed by atoms with van der Waals surface area (Å²) in [4.78, 5) is 10.2. The van der Waals surface area contributed by atoms with Crippen LogP contribution in [0, 0.1) is 14.9 Å². The zero-order chi connectivity index (χ0) is 17.3. The molecule has 0 bridgehead atoms. The van der Waals surface area contributed by atoms with Gasteiger partial charge in [-0.3, -0.25) is 10.1 Å². The summed E-state index contributed by atoms with van der Waals surface area (Å²) in [5, 5.41) is 31.6. The quantitative estimate of drug-likeness (QED) is 0.316. The molecule has 0 atom stereocenters. The molecule has 2 heterocycles. The maximum atomic E-state index is 10.9. The Morgan fingerprint density at radius 1 is 1.54 bits per heavy atom. The van der Waals surface area contributed by atoms with Gasteiger partial charge in [0.2, 0.25) is 16.3 Å². The summed E-state index contributed by atoms with van der Waals surface area (Å²) >= 11 is 10.9. The molecule has 2 aromatic heterocycles. The van der Waals surface area contributed by atoms with Crippen molar-refractivity contribution in [1.29, 1.82) is 0 Å². The molecule has 9 nitrogen and oxygen atoms in total. The van der Waals surface area contributed by atoms with Gasteiger partial charge in [-0.1, -0.05) is 11.6 Å². The summed E-state index contributed by atoms with van der Waals surface area (Å²) in [5.74, 6) is 0.167. The van der Waals surface area contributed by atoms with E-state index in [9.17, 15) is 15.2 Å². The third-order valence-electron chi connectivity index (χ3n) is 2.99. The molecule has 0 saturated heterocycles. The zero-order valence-electron chi connectivity index (χ0n) is 11.7. The van der Waals surface area contributed by atoms with E-state index in [2.05, 4.69) is 15.3 Å². The zero-order valence-corrected chi connectivity index (χ0v) is 13.3. The van der Waals surface area contributed by atoms with Crippen LogP contribution < -0.4 is 0 Å². The standard InChI is InChI=1S/C13H8ClN5O4S/c14-8-4-7(11(20)9(5-8)19(21)22)6-15-18-12(16-17-13(18)24)10-2-1-3-23-10/h1-6,20H,(H,17,24)/b15-6-. The van der Waals surface area contributed by atoms with Gasteiger partial charge in [0.15, 0.2) is 5.76 Å². The van der Waals surface area contributed by atoms with Crippen LogP contribution in [-0.4, -0.2) is 31.1 Å². The second-order valence-corrected chi connectivity index (χ2v) is 5.33. The lowest BCUT2D eigenvalue weighted by Crippen LogP contribution is -1.96. The topological polar surface area (TPSA) is 122 Å². The number of benzene rings is 1. The molecule has 11 heteroatoms. The van der Waals surface area contributed by atoms with Crippen LogP contribution in [0.4, 0.5) is 5.69 Å². The smallest absolute Gasteiger partial charge is 0.312 e. The Morgan fingerprint density at radius 2 is 2.33 bits per heavy atom. The molecule has 3 rings (SSSR count). The highest BCUT2D eigenvalue weighted by Gasteiger charge is 2.18. The number of rotatable bonds is 4. The number of nitrogens with zero attached hydrogens (tertiary/aromatic N) is 4. The van der Waals surface area contributed by atoms with Gasteiger partial charge in [0, 0.05) is 16.7 Å². The van der Waals surface area contributed by atoms with Crippen LogP contribution in [0.5, 0.6) is 5.75 Å². The fraction of sp³-hybridized carbons (Fsp3) is 0. The monoisotopic (exact) mass is 365 g/mol. The molecule has 2 N–H and O–H groups in total. The van der Waals surface area contributed by atoms with Gasteiger partial charge >= 0.3 is 5.69 Å². The van der Waals surface area contributed by atoms with E-state index in [1.807, 2.05) is 0 Å². The van der Waals surface area contributed by atoms with Gasteiger partial charge < -0.3 is 9.52 Å². The maximum absolute atomic E-state index is 10.9. The van der Waals surface area contributed by atoms with Crippen LogP contribution in [0.1, 0.15) is 5.56 Å². The minimum atomic E-state index is -0.740. The number of hydrogen-bond donors (Lipinski definition) is 2. The molecule has 1 aromatic carbocycles. The van der Waals surface area contributed by atoms with Crippen LogP contribution in [0.2, 0.25) is 5.02 Å². The molecule has 3 aromatic rings. The molecule has 0 aliphatic rings. The van der Waals surface area contributed by atoms with Crippen molar-refractivity contribution in [2.45, 2.75) is 0 Å². The van der Waals surface area contributed by atoms with E-state index < -0.39 is 16.4 Å². The highest BCUT2D eigenvalue weighted by molar-refractivity contribution is 7.71. The van der Waals surface area contributed by atoms with Crippen molar-refractivity contribution in [2.75, 3.05) is 0 Å². The van der Waals surface area contributed by atoms with Crippen LogP contribution >= 0.6 is 23.8 Å². The third-order valence-corrected chi connectivity index (χ3v) is 3.47. The lowest BCUT2D eigenvalue weighted by atomic mass is 10.2. The third kappa shape index (κ3) is 2.92. The van der Waals surface area contributed by atoms with Crippen LogP contribution in [0.25, 0.3) is 11.6 Å². The first-order chi connectivity index (χ1) is 11.5. The first kappa shape index (κ1) is 15.9. The summed E-state index contributed by atoms with van der Waals surface area (Å²) in [6.45, 7) is 0. The minimum Gasteiger partial charge on any atom is -0.502 e. The summed E-state index contributed by atoms with van der Waals surface area (Å²) in [6.07, 6.45) is 2.65. The van der Waals surface area contributed by atoms with Crippen molar-refractivity contribution in [1.82, 2.24) is 14.9 Å². The second kappa shape index (κ2) is 6.26. The Kier molecular flexibility index (Phi) is 4.15. The minimum absolute atomic E-state index is 0.0581. The average molecular weight is 366 g/mol. The first-order valence-corrected chi connectivity index (χ1v) is 7.18. The molecule has 0 unspecified atom stereocenters. The number of halogens is 1. The lowest BCUT2D eigenvalue weighted by molar-refractivity contribution is -0.385. The van der Waals surface area contributed by atoms with Gasteiger partial charge in [0.1, 0.15) is 0 Å². The normalized spacial score (nSPS) is 11.2. The Balaban J connectivity index is 2.06. The molecule has 0 fully saturated rings. The van der Waals surface area contributed by atoms with E-state index in [-0.39, 0.29) is 15.4 Å². The number of nitrogens with one attached hydrogen (secondary N) is 1. The molecule has 0 saturated carbocycles. The Hall–Kier alpha value is -2.98. The van der Waals surface area contributed by atoms with E-state index in [1.165, 1.54) is 23.2 Å². The molecule has 0 aliphatic heterocycles. The highest BCUT2D eigenvalue weighted by atomic mass is 35.5. The number of phenols is 1. The number of aromatic hydroxyl groups is 1. The number of nitro groups is 1. The number of aromatic amines is 1. The van der Waals surface area contributed by atoms with Crippen molar-refractivity contribution in [2.24, 2.45) is 5.10 Å². The van der Waals surface area contributed by atoms with Crippen molar-refractivity contribution in [3.63, 3.8) is 0 Å². The van der Waals surface area contributed by atoms with E-state index in [4.69, 9.17) is 28.2 Å². The SMILES string of the molecule is O=[N+]([O-])c1cc(Cl)cc(/C=N\n2c(-c3ccco3)n[nH]c2=S)c1O. The molecule has 0 aliphatic carbocycles. The first-order valence-electron chi connectivity index (χ1n) is 6.40. The number of phenolic OH excluding ortho intramolecular Hbond substituents is 1. The van der Waals surface area contributed by atoms with Crippen molar-refractivity contribution in [3.8, 4) is 17.3 Å². The number of hydrogen-bond acceptors (Lipinski definition) is 7. The summed E-state index contributed by atoms with van der Waals surface area (Å²) < 4.78 is 6.66. The summed E-state index contributed by atoms with van der Waals surface area (Å²) in [7, 11) is 0. The van der Waals surface area contributed by atoms with E-state index in [1.54, 1.807) is 12.1 Å². The Bertz CT molecular complexity index is 992. The predicted octanol–water partition coefficient (Wildman–Crippen LogP) is 3.35. The van der Waals surface area contributed by atoms with Crippen molar-refractivity contribution in [3.05, 3.63) is 56.0 Å². The van der Waals surface area contributed by atoms with Crippen LogP contribution in [0.15, 0.2) is 40.0 Å². The Morgan fingerprint density at radius 3 is 3.00 bits per heavy atom. The predicted molar refractivity (Wildman–Crippen MR) is 87.9 cm³/mol. The number of aromatic nitrogens is 3. The Labute approximate surface area is 144 Å².